The van der Waals surface area contributed by atoms with Crippen molar-refractivity contribution in [3.63, 3.8) is 0 Å². The summed E-state index contributed by atoms with van der Waals surface area (Å²) in [4.78, 5) is -0.0916. The van der Waals surface area contributed by atoms with Gasteiger partial charge in [0.1, 0.15) is 5.67 Å². The third-order valence-electron chi connectivity index (χ3n) is 3.28. The van der Waals surface area contributed by atoms with Crippen LogP contribution in [0.1, 0.15) is 37.7 Å². The summed E-state index contributed by atoms with van der Waals surface area (Å²) in [6.45, 7) is 0. The quantitative estimate of drug-likeness (QED) is 0.771. The van der Waals surface area contributed by atoms with Crippen LogP contribution in [0.15, 0.2) is 29.2 Å². The monoisotopic (exact) mass is 276 g/mol. The van der Waals surface area contributed by atoms with Crippen molar-refractivity contribution in [1.29, 1.82) is 0 Å². The largest absolute Gasteiger partial charge is 0.261 e. The van der Waals surface area contributed by atoms with Gasteiger partial charge in [-0.2, -0.15) is 0 Å². The first-order valence-corrected chi connectivity index (χ1v) is 7.97. The molecular weight excluding hydrogens is 263 g/mol. The maximum Gasteiger partial charge on any atom is 0.261 e. The molecule has 0 aromatic heterocycles. The van der Waals surface area contributed by atoms with Gasteiger partial charge in [-0.3, -0.25) is 0 Å². The van der Waals surface area contributed by atoms with Crippen LogP contribution in [0.3, 0.4) is 0 Å². The van der Waals surface area contributed by atoms with Crippen LogP contribution in [-0.2, 0) is 14.7 Å². The van der Waals surface area contributed by atoms with Gasteiger partial charge in [0, 0.05) is 16.2 Å². The van der Waals surface area contributed by atoms with E-state index < -0.39 is 14.7 Å². The SMILES string of the molecule is O=S(=O)(Cl)c1ccccc1C1(F)CCCCC1. The first-order chi connectivity index (χ1) is 7.93. The molecule has 1 aliphatic carbocycles. The number of halogens is 2. The Morgan fingerprint density at radius 3 is 2.29 bits per heavy atom. The molecule has 0 aliphatic heterocycles. The predicted molar refractivity (Wildman–Crippen MR) is 65.4 cm³/mol. The van der Waals surface area contributed by atoms with Crippen molar-refractivity contribution in [2.24, 2.45) is 0 Å². The van der Waals surface area contributed by atoms with Crippen molar-refractivity contribution in [3.05, 3.63) is 29.8 Å². The number of hydrogen-bond acceptors (Lipinski definition) is 2. The number of benzene rings is 1. The van der Waals surface area contributed by atoms with E-state index in [0.29, 0.717) is 12.8 Å². The molecule has 1 aromatic rings. The van der Waals surface area contributed by atoms with Crippen LogP contribution >= 0.6 is 10.7 Å². The molecule has 0 bridgehead atoms. The molecule has 0 amide bonds. The van der Waals surface area contributed by atoms with E-state index in [9.17, 15) is 12.8 Å². The average molecular weight is 277 g/mol. The van der Waals surface area contributed by atoms with Gasteiger partial charge in [-0.1, -0.05) is 24.6 Å². The maximum atomic E-state index is 14.8. The van der Waals surface area contributed by atoms with E-state index >= 15 is 0 Å². The fourth-order valence-electron chi connectivity index (χ4n) is 2.43. The summed E-state index contributed by atoms with van der Waals surface area (Å²) in [7, 11) is 1.46. The summed E-state index contributed by atoms with van der Waals surface area (Å²) < 4.78 is 37.6. The second-order valence-electron chi connectivity index (χ2n) is 4.46. The highest BCUT2D eigenvalue weighted by atomic mass is 35.7. The molecule has 0 radical (unpaired) electrons. The molecule has 17 heavy (non-hydrogen) atoms. The van der Waals surface area contributed by atoms with Gasteiger partial charge < -0.3 is 0 Å². The van der Waals surface area contributed by atoms with E-state index in [1.807, 2.05) is 0 Å². The van der Waals surface area contributed by atoms with Crippen LogP contribution in [0, 0.1) is 0 Å². The Morgan fingerprint density at radius 1 is 1.12 bits per heavy atom. The smallest absolute Gasteiger partial charge is 0.239 e. The average Bonchev–Trinajstić information content (AvgIpc) is 2.29. The van der Waals surface area contributed by atoms with E-state index in [4.69, 9.17) is 10.7 Å². The Morgan fingerprint density at radius 2 is 1.71 bits per heavy atom. The van der Waals surface area contributed by atoms with Crippen molar-refractivity contribution >= 4 is 19.7 Å². The lowest BCUT2D eigenvalue weighted by atomic mass is 9.81. The second-order valence-corrected chi connectivity index (χ2v) is 6.99. The maximum absolute atomic E-state index is 14.8. The summed E-state index contributed by atoms with van der Waals surface area (Å²) in [5, 5.41) is 0. The highest BCUT2D eigenvalue weighted by Crippen LogP contribution is 2.43. The van der Waals surface area contributed by atoms with Crippen LogP contribution in [0.4, 0.5) is 4.39 Å². The second kappa shape index (κ2) is 4.58. The standard InChI is InChI=1S/C12H14ClFO2S/c13-17(15,16)11-7-3-2-6-10(11)12(14)8-4-1-5-9-12/h2-3,6-7H,1,4-5,8-9H2. The van der Waals surface area contributed by atoms with Crippen LogP contribution in [0.2, 0.25) is 0 Å². The van der Waals surface area contributed by atoms with Crippen LogP contribution in [-0.4, -0.2) is 8.42 Å². The minimum absolute atomic E-state index is 0.0916. The molecule has 0 atom stereocenters. The Balaban J connectivity index is 2.51. The zero-order chi connectivity index (χ0) is 12.5. The fourth-order valence-corrected chi connectivity index (χ4v) is 3.59. The number of hydrogen-bond donors (Lipinski definition) is 0. The molecular formula is C12H14ClFO2S. The lowest BCUT2D eigenvalue weighted by Crippen LogP contribution is -2.25. The van der Waals surface area contributed by atoms with Crippen molar-refractivity contribution in [2.75, 3.05) is 0 Å². The molecule has 0 N–H and O–H groups in total. The highest BCUT2D eigenvalue weighted by molar-refractivity contribution is 8.13. The van der Waals surface area contributed by atoms with E-state index in [-0.39, 0.29) is 10.5 Å². The van der Waals surface area contributed by atoms with Crippen molar-refractivity contribution in [2.45, 2.75) is 42.7 Å². The molecule has 1 fully saturated rings. The van der Waals surface area contributed by atoms with Gasteiger partial charge in [0.2, 0.25) is 0 Å². The first kappa shape index (κ1) is 12.8. The summed E-state index contributed by atoms with van der Waals surface area (Å²) in [5.41, 5.74) is -1.33. The predicted octanol–water partition coefficient (Wildman–Crippen LogP) is 3.74. The van der Waals surface area contributed by atoms with Crippen LogP contribution in [0.5, 0.6) is 0 Å². The molecule has 2 nitrogen and oxygen atoms in total. The number of rotatable bonds is 2. The Bertz CT molecular complexity index is 507. The topological polar surface area (TPSA) is 34.1 Å². The van der Waals surface area contributed by atoms with Gasteiger partial charge >= 0.3 is 0 Å². The molecule has 0 unspecified atom stereocenters. The molecule has 1 aliphatic rings. The van der Waals surface area contributed by atoms with Crippen LogP contribution < -0.4 is 0 Å². The third kappa shape index (κ3) is 2.63. The third-order valence-corrected chi connectivity index (χ3v) is 4.66. The van der Waals surface area contributed by atoms with Gasteiger partial charge in [-0.05, 0) is 31.7 Å². The Kier molecular flexibility index (Phi) is 3.46. The normalized spacial score (nSPS) is 20.1. The zero-order valence-electron chi connectivity index (χ0n) is 9.33. The molecule has 0 saturated heterocycles. The van der Waals surface area contributed by atoms with E-state index in [2.05, 4.69) is 0 Å². The Hall–Kier alpha value is -0.610. The fraction of sp³-hybridized carbons (Fsp3) is 0.500. The number of alkyl halides is 1. The summed E-state index contributed by atoms with van der Waals surface area (Å²) in [5.74, 6) is 0. The molecule has 0 heterocycles. The highest BCUT2D eigenvalue weighted by Gasteiger charge is 2.37. The van der Waals surface area contributed by atoms with E-state index in [0.717, 1.165) is 19.3 Å². The molecule has 1 aromatic carbocycles. The summed E-state index contributed by atoms with van der Waals surface area (Å²) in [6.07, 6.45) is 3.31. The van der Waals surface area contributed by atoms with Gasteiger partial charge in [0.05, 0.1) is 4.90 Å². The summed E-state index contributed by atoms with van der Waals surface area (Å²) >= 11 is 0. The van der Waals surface area contributed by atoms with Gasteiger partial charge in [-0.25, -0.2) is 12.8 Å². The zero-order valence-corrected chi connectivity index (χ0v) is 10.9. The first-order valence-electron chi connectivity index (χ1n) is 5.67. The summed E-state index contributed by atoms with van der Waals surface area (Å²) in [6, 6.07) is 6.11. The molecule has 5 heteroatoms. The Labute approximate surface area is 105 Å². The van der Waals surface area contributed by atoms with Crippen molar-refractivity contribution < 1.29 is 12.8 Å². The minimum atomic E-state index is -3.89. The van der Waals surface area contributed by atoms with Gasteiger partial charge in [0.15, 0.2) is 0 Å². The lowest BCUT2D eigenvalue weighted by molar-refractivity contribution is 0.103. The lowest BCUT2D eigenvalue weighted by Gasteiger charge is -2.30. The van der Waals surface area contributed by atoms with E-state index in [1.165, 1.54) is 12.1 Å². The minimum Gasteiger partial charge on any atom is -0.239 e. The van der Waals surface area contributed by atoms with Gasteiger partial charge in [-0.15, -0.1) is 0 Å². The molecule has 1 saturated carbocycles. The van der Waals surface area contributed by atoms with Gasteiger partial charge in [0.25, 0.3) is 9.05 Å². The van der Waals surface area contributed by atoms with E-state index in [1.54, 1.807) is 12.1 Å². The molecule has 0 spiro atoms. The van der Waals surface area contributed by atoms with Crippen LogP contribution in [0.25, 0.3) is 0 Å². The van der Waals surface area contributed by atoms with Crippen molar-refractivity contribution in [1.82, 2.24) is 0 Å². The van der Waals surface area contributed by atoms with Crippen molar-refractivity contribution in [3.8, 4) is 0 Å². The molecule has 2 rings (SSSR count). The molecule has 94 valence electrons.